The summed E-state index contributed by atoms with van der Waals surface area (Å²) >= 11 is 0. The van der Waals surface area contributed by atoms with Crippen molar-refractivity contribution in [3.05, 3.63) is 71.3 Å². The van der Waals surface area contributed by atoms with Crippen molar-refractivity contribution in [3.8, 4) is 0 Å². The van der Waals surface area contributed by atoms with Crippen LogP contribution < -0.4 is 10.6 Å². The smallest absolute Gasteiger partial charge is 0.325 e. The first-order chi connectivity index (χ1) is 16.3. The van der Waals surface area contributed by atoms with Crippen LogP contribution in [0.2, 0.25) is 0 Å². The molecule has 1 atom stereocenters. The molecule has 2 aromatic rings. The van der Waals surface area contributed by atoms with E-state index in [-0.39, 0.29) is 24.4 Å². The number of benzene rings is 2. The average molecular weight is 461 g/mol. The van der Waals surface area contributed by atoms with Gasteiger partial charge in [-0.25, -0.2) is 4.79 Å². The van der Waals surface area contributed by atoms with Crippen molar-refractivity contribution >= 4 is 23.8 Å². The van der Waals surface area contributed by atoms with Crippen LogP contribution in [0.4, 0.5) is 4.79 Å². The van der Waals surface area contributed by atoms with E-state index in [1.807, 2.05) is 30.3 Å². The molecule has 2 saturated carbocycles. The zero-order chi connectivity index (χ0) is 23.9. The standard InChI is InChI=1S/C26H28N4O4/c1-26(19-5-3-2-4-6-19)24(33)30(25(34)28-26)16-22(31)29(21-13-14-21)15-17-7-9-18(10-8-17)23(32)27-20-11-12-20/h2-10,20-21H,11-16H2,1H3,(H,27,32)(H,28,34). The second-order valence-corrected chi connectivity index (χ2v) is 9.51. The average Bonchev–Trinajstić information content (AvgIpc) is 3.76. The first-order valence-electron chi connectivity index (χ1n) is 11.7. The van der Waals surface area contributed by atoms with Crippen LogP contribution in [-0.2, 0) is 21.7 Å². The molecule has 1 heterocycles. The van der Waals surface area contributed by atoms with Gasteiger partial charge >= 0.3 is 6.03 Å². The molecule has 5 amide bonds. The number of imide groups is 1. The second-order valence-electron chi connectivity index (χ2n) is 9.51. The van der Waals surface area contributed by atoms with Gasteiger partial charge in [0, 0.05) is 24.2 Å². The van der Waals surface area contributed by atoms with Gasteiger partial charge in [0.05, 0.1) is 0 Å². The van der Waals surface area contributed by atoms with Gasteiger partial charge in [-0.3, -0.25) is 19.3 Å². The summed E-state index contributed by atoms with van der Waals surface area (Å²) < 4.78 is 0. The van der Waals surface area contributed by atoms with Crippen LogP contribution in [0.15, 0.2) is 54.6 Å². The number of nitrogens with one attached hydrogen (secondary N) is 2. The van der Waals surface area contributed by atoms with E-state index < -0.39 is 17.5 Å². The highest BCUT2D eigenvalue weighted by Crippen LogP contribution is 2.31. The lowest BCUT2D eigenvalue weighted by Gasteiger charge is -2.25. The number of carbonyl (C=O) groups excluding carboxylic acids is 4. The fourth-order valence-corrected chi connectivity index (χ4v) is 4.30. The summed E-state index contributed by atoms with van der Waals surface area (Å²) in [5, 5.41) is 5.71. The van der Waals surface area contributed by atoms with Gasteiger partial charge in [0.25, 0.3) is 11.8 Å². The highest BCUT2D eigenvalue weighted by atomic mass is 16.2. The topological polar surface area (TPSA) is 98.8 Å². The molecular formula is C26H28N4O4. The van der Waals surface area contributed by atoms with E-state index in [4.69, 9.17) is 0 Å². The molecule has 2 aliphatic carbocycles. The van der Waals surface area contributed by atoms with Gasteiger partial charge < -0.3 is 15.5 Å². The molecule has 2 aromatic carbocycles. The molecule has 3 fully saturated rings. The number of urea groups is 1. The Morgan fingerprint density at radius 2 is 1.71 bits per heavy atom. The van der Waals surface area contributed by atoms with E-state index >= 15 is 0 Å². The Balaban J connectivity index is 1.26. The Kier molecular flexibility index (Phi) is 5.59. The molecule has 0 bridgehead atoms. The summed E-state index contributed by atoms with van der Waals surface area (Å²) in [6.07, 6.45) is 3.86. The van der Waals surface area contributed by atoms with E-state index in [9.17, 15) is 19.2 Å². The second kappa shape index (κ2) is 8.59. The fourth-order valence-electron chi connectivity index (χ4n) is 4.30. The molecule has 0 spiro atoms. The lowest BCUT2D eigenvalue weighted by Crippen LogP contribution is -2.45. The van der Waals surface area contributed by atoms with Crippen molar-refractivity contribution < 1.29 is 19.2 Å². The van der Waals surface area contributed by atoms with E-state index in [1.165, 1.54) is 0 Å². The quantitative estimate of drug-likeness (QED) is 0.592. The summed E-state index contributed by atoms with van der Waals surface area (Å²) in [6, 6.07) is 16.1. The largest absolute Gasteiger partial charge is 0.349 e. The lowest BCUT2D eigenvalue weighted by atomic mass is 9.92. The molecule has 2 N–H and O–H groups in total. The van der Waals surface area contributed by atoms with Gasteiger partial charge in [0.1, 0.15) is 12.1 Å². The highest BCUT2D eigenvalue weighted by molar-refractivity contribution is 6.09. The van der Waals surface area contributed by atoms with Gasteiger partial charge in [-0.05, 0) is 55.9 Å². The fraction of sp³-hybridized carbons (Fsp3) is 0.385. The SMILES string of the molecule is CC1(c2ccccc2)NC(=O)N(CC(=O)N(Cc2ccc(C(=O)NC3CC3)cc2)C2CC2)C1=O. The van der Waals surface area contributed by atoms with Crippen molar-refractivity contribution in [2.45, 2.75) is 56.8 Å². The molecule has 5 rings (SSSR count). The van der Waals surface area contributed by atoms with Crippen molar-refractivity contribution in [1.29, 1.82) is 0 Å². The van der Waals surface area contributed by atoms with E-state index in [0.29, 0.717) is 23.7 Å². The number of carbonyl (C=O) groups is 4. The van der Waals surface area contributed by atoms with Crippen molar-refractivity contribution in [2.75, 3.05) is 6.54 Å². The summed E-state index contributed by atoms with van der Waals surface area (Å²) in [4.78, 5) is 54.0. The maximum atomic E-state index is 13.2. The van der Waals surface area contributed by atoms with Crippen LogP contribution in [0.5, 0.6) is 0 Å². The Morgan fingerprint density at radius 3 is 2.32 bits per heavy atom. The minimum absolute atomic E-state index is 0.0794. The maximum absolute atomic E-state index is 13.2. The van der Waals surface area contributed by atoms with Crippen LogP contribution in [0.1, 0.15) is 54.1 Å². The van der Waals surface area contributed by atoms with Crippen LogP contribution in [0.3, 0.4) is 0 Å². The van der Waals surface area contributed by atoms with Crippen LogP contribution in [0.25, 0.3) is 0 Å². The van der Waals surface area contributed by atoms with Crippen LogP contribution >= 0.6 is 0 Å². The lowest BCUT2D eigenvalue weighted by molar-refractivity contribution is -0.139. The summed E-state index contributed by atoms with van der Waals surface area (Å²) in [5.74, 6) is -0.776. The van der Waals surface area contributed by atoms with E-state index in [0.717, 1.165) is 36.1 Å². The zero-order valence-corrected chi connectivity index (χ0v) is 19.1. The van der Waals surface area contributed by atoms with Crippen molar-refractivity contribution in [2.24, 2.45) is 0 Å². The first kappa shape index (κ1) is 22.1. The molecule has 0 radical (unpaired) electrons. The number of rotatable bonds is 8. The molecule has 34 heavy (non-hydrogen) atoms. The Morgan fingerprint density at radius 1 is 1.03 bits per heavy atom. The molecule has 0 aromatic heterocycles. The summed E-state index contributed by atoms with van der Waals surface area (Å²) in [7, 11) is 0. The predicted molar refractivity (Wildman–Crippen MR) is 125 cm³/mol. The minimum atomic E-state index is -1.19. The molecule has 1 unspecified atom stereocenters. The molecule has 8 heteroatoms. The van der Waals surface area contributed by atoms with Gasteiger partial charge in [-0.1, -0.05) is 42.5 Å². The van der Waals surface area contributed by atoms with Crippen LogP contribution in [-0.4, -0.2) is 52.2 Å². The van der Waals surface area contributed by atoms with E-state index in [1.54, 1.807) is 36.1 Å². The van der Waals surface area contributed by atoms with Gasteiger partial charge in [0.15, 0.2) is 0 Å². The molecule has 1 aliphatic heterocycles. The number of nitrogens with zero attached hydrogens (tertiary/aromatic N) is 2. The maximum Gasteiger partial charge on any atom is 0.325 e. The Hall–Kier alpha value is -3.68. The van der Waals surface area contributed by atoms with E-state index in [2.05, 4.69) is 10.6 Å². The molecular weight excluding hydrogens is 432 g/mol. The Bertz CT molecular complexity index is 1130. The van der Waals surface area contributed by atoms with Gasteiger partial charge in [-0.15, -0.1) is 0 Å². The monoisotopic (exact) mass is 460 g/mol. The minimum Gasteiger partial charge on any atom is -0.349 e. The molecule has 8 nitrogen and oxygen atoms in total. The molecule has 1 saturated heterocycles. The third-order valence-electron chi connectivity index (χ3n) is 6.71. The number of amides is 5. The van der Waals surface area contributed by atoms with Gasteiger partial charge in [-0.2, -0.15) is 0 Å². The Labute approximate surface area is 198 Å². The number of hydrogen-bond donors (Lipinski definition) is 2. The summed E-state index contributed by atoms with van der Waals surface area (Å²) in [5.41, 5.74) is 0.974. The number of hydrogen-bond acceptors (Lipinski definition) is 4. The first-order valence-corrected chi connectivity index (χ1v) is 11.7. The van der Waals surface area contributed by atoms with Gasteiger partial charge in [0.2, 0.25) is 5.91 Å². The van der Waals surface area contributed by atoms with Crippen molar-refractivity contribution in [1.82, 2.24) is 20.4 Å². The predicted octanol–water partition coefficient (Wildman–Crippen LogP) is 2.54. The normalized spacial score (nSPS) is 21.9. The summed E-state index contributed by atoms with van der Waals surface area (Å²) in [6.45, 7) is 1.73. The molecule has 3 aliphatic rings. The third kappa shape index (κ3) is 4.40. The molecule has 176 valence electrons. The highest BCUT2D eigenvalue weighted by Gasteiger charge is 2.50. The zero-order valence-electron chi connectivity index (χ0n) is 19.1. The van der Waals surface area contributed by atoms with Crippen molar-refractivity contribution in [3.63, 3.8) is 0 Å². The third-order valence-corrected chi connectivity index (χ3v) is 6.71. The van der Waals surface area contributed by atoms with Crippen LogP contribution in [0, 0.1) is 0 Å².